The molecule has 1 rings (SSSR count). The molecule has 0 aromatic heterocycles. The van der Waals surface area contributed by atoms with Crippen molar-refractivity contribution in [1.29, 1.82) is 0 Å². The van der Waals surface area contributed by atoms with E-state index in [0.29, 0.717) is 19.6 Å². The average Bonchev–Trinajstić information content (AvgIpc) is 2.18. The predicted molar refractivity (Wildman–Crippen MR) is 67.4 cm³/mol. The third-order valence-electron chi connectivity index (χ3n) is 2.76. The topological polar surface area (TPSA) is 55.8 Å². The van der Waals surface area contributed by atoms with Crippen LogP contribution in [-0.2, 0) is 14.3 Å². The van der Waals surface area contributed by atoms with Crippen molar-refractivity contribution in [2.45, 2.75) is 58.3 Å². The molecule has 0 aromatic rings. The van der Waals surface area contributed by atoms with Crippen LogP contribution >= 0.6 is 0 Å². The van der Waals surface area contributed by atoms with E-state index in [1.807, 2.05) is 34.6 Å². The SMILES string of the molecule is CC(C)(C)OC(=O)N1CC(CC=O)OCC1(C)C. The molecular weight excluding hydrogens is 234 g/mol. The summed E-state index contributed by atoms with van der Waals surface area (Å²) in [7, 11) is 0. The van der Waals surface area contributed by atoms with Crippen LogP contribution in [0, 0.1) is 0 Å². The maximum absolute atomic E-state index is 12.1. The number of carbonyl (C=O) groups is 2. The number of carbonyl (C=O) groups excluding carboxylic acids is 2. The van der Waals surface area contributed by atoms with Gasteiger partial charge in [0, 0.05) is 6.42 Å². The molecular formula is C13H23NO4. The first kappa shape index (κ1) is 15.0. The van der Waals surface area contributed by atoms with Gasteiger partial charge in [0.1, 0.15) is 11.9 Å². The fourth-order valence-corrected chi connectivity index (χ4v) is 1.79. The van der Waals surface area contributed by atoms with Gasteiger partial charge in [-0.25, -0.2) is 4.79 Å². The summed E-state index contributed by atoms with van der Waals surface area (Å²) in [5, 5.41) is 0. The maximum atomic E-state index is 12.1. The number of ether oxygens (including phenoxy) is 2. The quantitative estimate of drug-likeness (QED) is 0.710. The van der Waals surface area contributed by atoms with Crippen molar-refractivity contribution in [1.82, 2.24) is 4.90 Å². The maximum Gasteiger partial charge on any atom is 0.410 e. The summed E-state index contributed by atoms with van der Waals surface area (Å²) in [6, 6.07) is 0. The summed E-state index contributed by atoms with van der Waals surface area (Å²) in [6.07, 6.45) is 0.529. The molecule has 1 fully saturated rings. The number of aldehydes is 1. The molecule has 1 atom stereocenters. The molecule has 1 unspecified atom stereocenters. The molecule has 0 radical (unpaired) electrons. The molecule has 0 aromatic carbocycles. The first-order valence-corrected chi connectivity index (χ1v) is 6.21. The van der Waals surface area contributed by atoms with Crippen LogP contribution in [-0.4, -0.2) is 47.7 Å². The Hall–Kier alpha value is -1.10. The van der Waals surface area contributed by atoms with Crippen molar-refractivity contribution in [2.24, 2.45) is 0 Å². The fourth-order valence-electron chi connectivity index (χ4n) is 1.79. The molecule has 1 aliphatic rings. The monoisotopic (exact) mass is 257 g/mol. The fraction of sp³-hybridized carbons (Fsp3) is 0.846. The Bertz CT molecular complexity index is 319. The van der Waals surface area contributed by atoms with Gasteiger partial charge in [-0.1, -0.05) is 0 Å². The lowest BCUT2D eigenvalue weighted by molar-refractivity contribution is -0.120. The summed E-state index contributed by atoms with van der Waals surface area (Å²) >= 11 is 0. The highest BCUT2D eigenvalue weighted by molar-refractivity contribution is 5.69. The molecule has 0 aliphatic carbocycles. The Morgan fingerprint density at radius 1 is 1.50 bits per heavy atom. The Balaban J connectivity index is 2.74. The minimum atomic E-state index is -0.522. The van der Waals surface area contributed by atoms with E-state index in [2.05, 4.69) is 0 Å². The molecule has 0 spiro atoms. The van der Waals surface area contributed by atoms with E-state index in [-0.39, 0.29) is 12.2 Å². The smallest absolute Gasteiger partial charge is 0.410 e. The molecule has 104 valence electrons. The van der Waals surface area contributed by atoms with Crippen LogP contribution in [0.25, 0.3) is 0 Å². The van der Waals surface area contributed by atoms with Crippen LogP contribution in [0.5, 0.6) is 0 Å². The van der Waals surface area contributed by atoms with Gasteiger partial charge in [0.2, 0.25) is 0 Å². The molecule has 5 heteroatoms. The first-order chi connectivity index (χ1) is 8.15. The van der Waals surface area contributed by atoms with Crippen LogP contribution in [0.3, 0.4) is 0 Å². The van der Waals surface area contributed by atoms with Gasteiger partial charge in [-0.15, -0.1) is 0 Å². The average molecular weight is 257 g/mol. The summed E-state index contributed by atoms with van der Waals surface area (Å²) < 4.78 is 10.9. The van der Waals surface area contributed by atoms with E-state index in [9.17, 15) is 9.59 Å². The van der Waals surface area contributed by atoms with Crippen molar-refractivity contribution in [3.63, 3.8) is 0 Å². The zero-order valence-corrected chi connectivity index (χ0v) is 11.9. The lowest BCUT2D eigenvalue weighted by Gasteiger charge is -2.45. The highest BCUT2D eigenvalue weighted by Gasteiger charge is 2.39. The number of hydrogen-bond donors (Lipinski definition) is 0. The number of amides is 1. The minimum Gasteiger partial charge on any atom is -0.444 e. The third-order valence-corrected chi connectivity index (χ3v) is 2.76. The molecule has 1 amide bonds. The summed E-state index contributed by atoms with van der Waals surface area (Å²) in [4.78, 5) is 24.3. The van der Waals surface area contributed by atoms with E-state index in [0.717, 1.165) is 6.29 Å². The van der Waals surface area contributed by atoms with Gasteiger partial charge in [-0.05, 0) is 34.6 Å². The van der Waals surface area contributed by atoms with Gasteiger partial charge in [0.15, 0.2) is 0 Å². The van der Waals surface area contributed by atoms with E-state index in [4.69, 9.17) is 9.47 Å². The molecule has 0 N–H and O–H groups in total. The van der Waals surface area contributed by atoms with Crippen molar-refractivity contribution in [3.05, 3.63) is 0 Å². The van der Waals surface area contributed by atoms with E-state index in [1.54, 1.807) is 4.90 Å². The molecule has 5 nitrogen and oxygen atoms in total. The van der Waals surface area contributed by atoms with Crippen molar-refractivity contribution in [3.8, 4) is 0 Å². The third kappa shape index (κ3) is 3.98. The number of rotatable bonds is 2. The molecule has 1 saturated heterocycles. The summed E-state index contributed by atoms with van der Waals surface area (Å²) in [5.41, 5.74) is -0.937. The predicted octanol–water partition coefficient (Wildman–Crippen LogP) is 1.99. The van der Waals surface area contributed by atoms with Gasteiger partial charge in [0.05, 0.1) is 24.8 Å². The number of nitrogens with zero attached hydrogens (tertiary/aromatic N) is 1. The summed E-state index contributed by atoms with van der Waals surface area (Å²) in [6.45, 7) is 10.2. The molecule has 1 aliphatic heterocycles. The molecule has 1 heterocycles. The summed E-state index contributed by atoms with van der Waals surface area (Å²) in [5.74, 6) is 0. The first-order valence-electron chi connectivity index (χ1n) is 6.21. The second-order valence-corrected chi connectivity index (χ2v) is 6.24. The molecule has 0 saturated carbocycles. The van der Waals surface area contributed by atoms with Crippen LogP contribution in [0.15, 0.2) is 0 Å². The zero-order chi connectivity index (χ0) is 14.0. The lowest BCUT2D eigenvalue weighted by Crippen LogP contribution is -2.59. The Morgan fingerprint density at radius 3 is 2.61 bits per heavy atom. The van der Waals surface area contributed by atoms with Crippen molar-refractivity contribution in [2.75, 3.05) is 13.2 Å². The standard InChI is InChI=1S/C13H23NO4/c1-12(2,3)18-11(16)14-8-10(6-7-15)17-9-13(14,4)5/h7,10H,6,8-9H2,1-5H3. The Labute approximate surface area is 108 Å². The Morgan fingerprint density at radius 2 is 2.11 bits per heavy atom. The minimum absolute atomic E-state index is 0.233. The van der Waals surface area contributed by atoms with Crippen molar-refractivity contribution >= 4 is 12.4 Å². The number of hydrogen-bond acceptors (Lipinski definition) is 4. The second kappa shape index (κ2) is 5.26. The molecule has 0 bridgehead atoms. The highest BCUT2D eigenvalue weighted by atomic mass is 16.6. The van der Waals surface area contributed by atoms with Crippen molar-refractivity contribution < 1.29 is 19.1 Å². The van der Waals surface area contributed by atoms with Gasteiger partial charge < -0.3 is 14.3 Å². The van der Waals surface area contributed by atoms with Gasteiger partial charge in [0.25, 0.3) is 0 Å². The van der Waals surface area contributed by atoms with E-state index in [1.165, 1.54) is 0 Å². The van der Waals surface area contributed by atoms with Crippen LogP contribution in [0.2, 0.25) is 0 Å². The van der Waals surface area contributed by atoms with Crippen LogP contribution in [0.1, 0.15) is 41.0 Å². The Kier molecular flexibility index (Phi) is 4.37. The normalized spacial score (nSPS) is 23.6. The van der Waals surface area contributed by atoms with Crippen LogP contribution in [0.4, 0.5) is 4.79 Å². The lowest BCUT2D eigenvalue weighted by atomic mass is 10.0. The van der Waals surface area contributed by atoms with Gasteiger partial charge in [-0.2, -0.15) is 0 Å². The number of morpholine rings is 1. The molecule has 18 heavy (non-hydrogen) atoms. The van der Waals surface area contributed by atoms with Gasteiger partial charge in [-0.3, -0.25) is 4.90 Å². The van der Waals surface area contributed by atoms with E-state index < -0.39 is 11.1 Å². The van der Waals surface area contributed by atoms with E-state index >= 15 is 0 Å². The zero-order valence-electron chi connectivity index (χ0n) is 11.9. The largest absolute Gasteiger partial charge is 0.444 e. The second-order valence-electron chi connectivity index (χ2n) is 6.24. The van der Waals surface area contributed by atoms with Gasteiger partial charge >= 0.3 is 6.09 Å². The van der Waals surface area contributed by atoms with Crippen LogP contribution < -0.4 is 0 Å². The highest BCUT2D eigenvalue weighted by Crippen LogP contribution is 2.25.